The highest BCUT2D eigenvalue weighted by Gasteiger charge is 2.27. The van der Waals surface area contributed by atoms with E-state index in [1.54, 1.807) is 0 Å². The summed E-state index contributed by atoms with van der Waals surface area (Å²) in [6.07, 6.45) is 3.33. The van der Waals surface area contributed by atoms with Gasteiger partial charge in [-0.25, -0.2) is 0 Å². The summed E-state index contributed by atoms with van der Waals surface area (Å²) in [5.41, 5.74) is 1.26. The highest BCUT2D eigenvalue weighted by atomic mass is 127. The van der Waals surface area contributed by atoms with E-state index in [0.29, 0.717) is 12.5 Å². The summed E-state index contributed by atoms with van der Waals surface area (Å²) in [5.74, 6) is 2.18. The molecule has 1 heterocycles. The lowest BCUT2D eigenvalue weighted by atomic mass is 9.89. The Kier molecular flexibility index (Phi) is 10.9. The Balaban J connectivity index is 0.00000300. The van der Waals surface area contributed by atoms with E-state index in [9.17, 15) is 0 Å². The van der Waals surface area contributed by atoms with Gasteiger partial charge in [-0.15, -0.1) is 24.0 Å². The molecule has 0 bridgehead atoms. The minimum Gasteiger partial charge on any atom is -0.494 e. The average Bonchev–Trinajstić information content (AvgIpc) is 2.77. The first-order valence-electron chi connectivity index (χ1n) is 10.2. The van der Waals surface area contributed by atoms with Gasteiger partial charge in [0.25, 0.3) is 0 Å². The van der Waals surface area contributed by atoms with Crippen molar-refractivity contribution in [1.29, 1.82) is 0 Å². The maximum absolute atomic E-state index is 6.08. The lowest BCUT2D eigenvalue weighted by Crippen LogP contribution is -2.42. The maximum Gasteiger partial charge on any atom is 0.190 e. The largest absolute Gasteiger partial charge is 0.494 e. The van der Waals surface area contributed by atoms with Crippen molar-refractivity contribution in [1.82, 2.24) is 10.6 Å². The van der Waals surface area contributed by atoms with Crippen molar-refractivity contribution in [3.8, 4) is 5.75 Å². The van der Waals surface area contributed by atoms with Crippen LogP contribution in [0.2, 0.25) is 0 Å². The molecule has 1 aliphatic heterocycles. The summed E-state index contributed by atoms with van der Waals surface area (Å²) in [6.45, 7) is 3.18. The van der Waals surface area contributed by atoms with Crippen LogP contribution in [0.5, 0.6) is 5.75 Å². The van der Waals surface area contributed by atoms with Crippen molar-refractivity contribution >= 4 is 29.9 Å². The third-order valence-corrected chi connectivity index (χ3v) is 4.95. The van der Waals surface area contributed by atoms with Crippen LogP contribution in [0.15, 0.2) is 65.7 Å². The summed E-state index contributed by atoms with van der Waals surface area (Å²) in [4.78, 5) is 4.34. The predicted octanol–water partition coefficient (Wildman–Crippen LogP) is 4.41. The number of nitrogens with one attached hydrogen (secondary N) is 2. The van der Waals surface area contributed by atoms with Gasteiger partial charge in [-0.2, -0.15) is 0 Å². The first-order valence-corrected chi connectivity index (χ1v) is 10.2. The Morgan fingerprint density at radius 1 is 1.07 bits per heavy atom. The average molecular weight is 509 g/mol. The van der Waals surface area contributed by atoms with Gasteiger partial charge in [0.15, 0.2) is 5.96 Å². The zero-order valence-corrected chi connectivity index (χ0v) is 19.4. The molecule has 3 rings (SSSR count). The molecule has 2 atom stereocenters. The highest BCUT2D eigenvalue weighted by molar-refractivity contribution is 14.0. The van der Waals surface area contributed by atoms with Crippen molar-refractivity contribution in [2.45, 2.75) is 25.4 Å². The zero-order chi connectivity index (χ0) is 19.4. The van der Waals surface area contributed by atoms with Crippen LogP contribution < -0.4 is 15.4 Å². The normalized spacial score (nSPS) is 19.1. The topological polar surface area (TPSA) is 54.9 Å². The van der Waals surface area contributed by atoms with Gasteiger partial charge in [0, 0.05) is 32.7 Å². The van der Waals surface area contributed by atoms with Gasteiger partial charge < -0.3 is 20.1 Å². The van der Waals surface area contributed by atoms with E-state index in [2.05, 4.69) is 39.9 Å². The number of guanidine groups is 1. The first kappa shape index (κ1) is 23.5. The van der Waals surface area contributed by atoms with E-state index >= 15 is 0 Å². The van der Waals surface area contributed by atoms with Crippen LogP contribution in [-0.2, 0) is 4.74 Å². The standard InChI is InChI=1S/C23H31N3O2.HI/c1-24-23(25-15-9-17-27-21-13-6-3-7-14-21)26-18-20-12-8-16-28-22(20)19-10-4-2-5-11-19;/h2-7,10-11,13-14,20,22H,8-9,12,15-18H2,1H3,(H2,24,25,26);1H. The second kappa shape index (κ2) is 13.4. The van der Waals surface area contributed by atoms with E-state index in [1.807, 2.05) is 43.4 Å². The van der Waals surface area contributed by atoms with E-state index < -0.39 is 0 Å². The molecule has 29 heavy (non-hydrogen) atoms. The fraction of sp³-hybridized carbons (Fsp3) is 0.435. The number of nitrogens with zero attached hydrogens (tertiary/aromatic N) is 1. The molecule has 158 valence electrons. The van der Waals surface area contributed by atoms with Crippen LogP contribution in [0.4, 0.5) is 0 Å². The number of benzene rings is 2. The summed E-state index contributed by atoms with van der Waals surface area (Å²) in [5, 5.41) is 6.83. The van der Waals surface area contributed by atoms with Crippen LogP contribution in [0.1, 0.15) is 30.9 Å². The van der Waals surface area contributed by atoms with Crippen LogP contribution in [0.3, 0.4) is 0 Å². The molecule has 2 aromatic carbocycles. The molecule has 5 nitrogen and oxygen atoms in total. The van der Waals surface area contributed by atoms with Gasteiger partial charge in [0.05, 0.1) is 12.7 Å². The van der Waals surface area contributed by atoms with Crippen molar-refractivity contribution in [3.05, 3.63) is 66.2 Å². The smallest absolute Gasteiger partial charge is 0.190 e. The number of aliphatic imine (C=N–C) groups is 1. The monoisotopic (exact) mass is 509 g/mol. The molecule has 0 aliphatic carbocycles. The molecule has 2 unspecified atom stereocenters. The first-order chi connectivity index (χ1) is 13.9. The van der Waals surface area contributed by atoms with Gasteiger partial charge in [-0.1, -0.05) is 48.5 Å². The zero-order valence-electron chi connectivity index (χ0n) is 17.0. The third kappa shape index (κ3) is 7.85. The second-order valence-electron chi connectivity index (χ2n) is 7.00. The molecule has 0 radical (unpaired) electrons. The molecule has 0 saturated carbocycles. The number of rotatable bonds is 8. The number of hydrogen-bond acceptors (Lipinski definition) is 3. The van der Waals surface area contributed by atoms with E-state index in [4.69, 9.17) is 9.47 Å². The van der Waals surface area contributed by atoms with E-state index in [0.717, 1.165) is 50.7 Å². The molecule has 1 fully saturated rings. The molecule has 6 heteroatoms. The third-order valence-electron chi connectivity index (χ3n) is 4.95. The van der Waals surface area contributed by atoms with Crippen molar-refractivity contribution in [2.24, 2.45) is 10.9 Å². The second-order valence-corrected chi connectivity index (χ2v) is 7.00. The molecule has 1 saturated heterocycles. The molecule has 2 aromatic rings. The highest BCUT2D eigenvalue weighted by Crippen LogP contribution is 2.32. The minimum atomic E-state index is 0. The van der Waals surface area contributed by atoms with Gasteiger partial charge in [0.2, 0.25) is 0 Å². The fourth-order valence-corrected chi connectivity index (χ4v) is 3.50. The van der Waals surface area contributed by atoms with Gasteiger partial charge in [-0.05, 0) is 37.0 Å². The Hall–Kier alpha value is -1.80. The number of ether oxygens (including phenoxy) is 2. The molecular weight excluding hydrogens is 477 g/mol. The Labute approximate surface area is 191 Å². The number of hydrogen-bond donors (Lipinski definition) is 2. The van der Waals surface area contributed by atoms with Crippen LogP contribution in [0, 0.1) is 5.92 Å². The lowest BCUT2D eigenvalue weighted by Gasteiger charge is -2.32. The summed E-state index contributed by atoms with van der Waals surface area (Å²) >= 11 is 0. The van der Waals surface area contributed by atoms with Crippen LogP contribution in [0.25, 0.3) is 0 Å². The van der Waals surface area contributed by atoms with E-state index in [1.165, 1.54) is 5.56 Å². The van der Waals surface area contributed by atoms with Crippen molar-refractivity contribution < 1.29 is 9.47 Å². The summed E-state index contributed by atoms with van der Waals surface area (Å²) in [7, 11) is 1.81. The summed E-state index contributed by atoms with van der Waals surface area (Å²) < 4.78 is 11.8. The Morgan fingerprint density at radius 2 is 1.79 bits per heavy atom. The van der Waals surface area contributed by atoms with Crippen LogP contribution >= 0.6 is 24.0 Å². The van der Waals surface area contributed by atoms with Gasteiger partial charge >= 0.3 is 0 Å². The SMILES string of the molecule is CN=C(NCCCOc1ccccc1)NCC1CCCOC1c1ccccc1.I. The molecular formula is C23H32IN3O2. The van der Waals surface area contributed by atoms with Gasteiger partial charge in [-0.3, -0.25) is 4.99 Å². The van der Waals surface area contributed by atoms with E-state index in [-0.39, 0.29) is 30.1 Å². The summed E-state index contributed by atoms with van der Waals surface area (Å²) in [6, 6.07) is 20.4. The maximum atomic E-state index is 6.08. The molecule has 1 aliphatic rings. The molecule has 0 aromatic heterocycles. The molecule has 2 N–H and O–H groups in total. The fourth-order valence-electron chi connectivity index (χ4n) is 3.50. The Bertz CT molecular complexity index is 713. The predicted molar refractivity (Wildman–Crippen MR) is 129 cm³/mol. The quantitative estimate of drug-likeness (QED) is 0.240. The van der Waals surface area contributed by atoms with Crippen molar-refractivity contribution in [3.63, 3.8) is 0 Å². The number of para-hydroxylation sites is 1. The number of halogens is 1. The Morgan fingerprint density at radius 3 is 2.52 bits per heavy atom. The van der Waals surface area contributed by atoms with Crippen molar-refractivity contribution in [2.75, 3.05) is 33.4 Å². The van der Waals surface area contributed by atoms with Gasteiger partial charge in [0.1, 0.15) is 5.75 Å². The minimum absolute atomic E-state index is 0. The van der Waals surface area contributed by atoms with Crippen LogP contribution in [-0.4, -0.2) is 39.3 Å². The lowest BCUT2D eigenvalue weighted by molar-refractivity contribution is -0.0265. The molecule has 0 spiro atoms. The molecule has 0 amide bonds.